The molecule has 0 aromatic heterocycles. The van der Waals surface area contributed by atoms with Gasteiger partial charge in [0, 0.05) is 22.3 Å². The molecule has 7 heteroatoms. The molecule has 0 radical (unpaired) electrons. The molecule has 182 valence electrons. The fourth-order valence-electron chi connectivity index (χ4n) is 4.26. The van der Waals surface area contributed by atoms with Crippen LogP contribution in [0.5, 0.6) is 5.75 Å². The summed E-state index contributed by atoms with van der Waals surface area (Å²) in [6.07, 6.45) is 4.48. The lowest BCUT2D eigenvalue weighted by Gasteiger charge is -2.26. The third-order valence-electron chi connectivity index (χ3n) is 6.50. The van der Waals surface area contributed by atoms with Crippen molar-refractivity contribution in [3.63, 3.8) is 0 Å². The van der Waals surface area contributed by atoms with Crippen LogP contribution in [0.3, 0.4) is 0 Å². The van der Waals surface area contributed by atoms with Gasteiger partial charge in [-0.1, -0.05) is 20.8 Å². The minimum absolute atomic E-state index is 0.00881. The molecule has 0 N–H and O–H groups in total. The number of hydrazone groups is 2. The van der Waals surface area contributed by atoms with Crippen molar-refractivity contribution in [1.82, 2.24) is 10.0 Å². The zero-order valence-corrected chi connectivity index (χ0v) is 21.7. The van der Waals surface area contributed by atoms with Crippen LogP contribution >= 0.6 is 0 Å². The summed E-state index contributed by atoms with van der Waals surface area (Å²) >= 11 is 0. The minimum atomic E-state index is -0.151. The lowest BCUT2D eigenvalue weighted by Crippen LogP contribution is -2.32. The molecule has 1 fully saturated rings. The number of amidine groups is 1. The van der Waals surface area contributed by atoms with Crippen molar-refractivity contribution in [2.45, 2.75) is 66.7 Å². The summed E-state index contributed by atoms with van der Waals surface area (Å²) in [4.78, 5) is 13.5. The third kappa shape index (κ3) is 4.48. The number of ether oxygens (including phenoxy) is 2. The fourth-order valence-corrected chi connectivity index (χ4v) is 4.26. The van der Waals surface area contributed by atoms with Gasteiger partial charge >= 0.3 is 0 Å². The molecule has 0 bridgehead atoms. The summed E-state index contributed by atoms with van der Waals surface area (Å²) in [6.45, 7) is 15.0. The third-order valence-corrected chi connectivity index (χ3v) is 6.50. The molecule has 0 spiro atoms. The second-order valence-electron chi connectivity index (χ2n) is 10.3. The van der Waals surface area contributed by atoms with Crippen molar-refractivity contribution in [3.8, 4) is 5.75 Å². The maximum Gasteiger partial charge on any atom is 0.235 e. The van der Waals surface area contributed by atoms with Gasteiger partial charge in [-0.25, -0.2) is 5.01 Å². The standard InChI is InChI=1S/C27H36N4O3/c1-9-34-26-18(4)17(3)25-28-30(23(31(25)29-26)13-19-10-11-19)15-22(32)20-12-16(2)24(33-8)21(14-20)27(5,6)7/h12-14,19H,9-11,15H2,1-8H3/b23-13+. The molecule has 4 rings (SSSR count). The number of ketones is 1. The molecule has 2 aliphatic heterocycles. The Hall–Kier alpha value is -3.09. The first-order valence-electron chi connectivity index (χ1n) is 12.0. The maximum atomic E-state index is 13.5. The van der Waals surface area contributed by atoms with Crippen LogP contribution in [-0.2, 0) is 10.2 Å². The Labute approximate surface area is 202 Å². The average molecular weight is 465 g/mol. The predicted octanol–water partition coefficient (Wildman–Crippen LogP) is 5.37. The van der Waals surface area contributed by atoms with E-state index >= 15 is 0 Å². The molecule has 34 heavy (non-hydrogen) atoms. The van der Waals surface area contributed by atoms with Crippen LogP contribution in [-0.4, -0.2) is 47.8 Å². The summed E-state index contributed by atoms with van der Waals surface area (Å²) in [5, 5.41) is 13.2. The summed E-state index contributed by atoms with van der Waals surface area (Å²) in [6, 6.07) is 3.88. The van der Waals surface area contributed by atoms with E-state index in [1.54, 1.807) is 12.1 Å². The highest BCUT2D eigenvalue weighted by Gasteiger charge is 2.37. The van der Waals surface area contributed by atoms with Gasteiger partial charge in [-0.05, 0) is 75.6 Å². The first-order chi connectivity index (χ1) is 16.0. The number of allylic oxidation sites excluding steroid dienone is 1. The lowest BCUT2D eigenvalue weighted by molar-refractivity contribution is 0.0946. The highest BCUT2D eigenvalue weighted by Crippen LogP contribution is 2.38. The summed E-state index contributed by atoms with van der Waals surface area (Å²) in [5.41, 5.74) is 4.47. The number of methoxy groups -OCH3 is 1. The SMILES string of the molecule is CCOC1=NN2C(=NN(CC(=O)c3cc(C)c(OC)c(C(C)(C)C)c3)/C2=C\C2CC2)C(C)=C1C. The molecule has 0 atom stereocenters. The number of Topliss-reactive ketones (excluding diaryl/α,β-unsaturated/α-hetero) is 1. The first kappa shape index (κ1) is 24.0. The summed E-state index contributed by atoms with van der Waals surface area (Å²) < 4.78 is 11.4. The van der Waals surface area contributed by atoms with Crippen molar-refractivity contribution in [2.24, 2.45) is 16.1 Å². The maximum absolute atomic E-state index is 13.5. The monoisotopic (exact) mass is 464 g/mol. The molecule has 1 saturated carbocycles. The Morgan fingerprint density at radius 2 is 1.85 bits per heavy atom. The van der Waals surface area contributed by atoms with Crippen LogP contribution in [0.2, 0.25) is 0 Å². The zero-order chi connectivity index (χ0) is 24.8. The lowest BCUT2D eigenvalue weighted by atomic mass is 9.83. The predicted molar refractivity (Wildman–Crippen MR) is 135 cm³/mol. The Kier molecular flexibility index (Phi) is 6.32. The van der Waals surface area contributed by atoms with Crippen molar-refractivity contribution in [2.75, 3.05) is 20.3 Å². The molecule has 0 saturated heterocycles. The molecule has 0 unspecified atom stereocenters. The normalized spacial score (nSPS) is 19.4. The number of rotatable bonds is 6. The Morgan fingerprint density at radius 3 is 2.44 bits per heavy atom. The number of benzene rings is 1. The number of nitrogens with zero attached hydrogens (tertiary/aromatic N) is 4. The number of hydrogen-bond donors (Lipinski definition) is 0. The van der Waals surface area contributed by atoms with E-state index < -0.39 is 0 Å². The summed E-state index contributed by atoms with van der Waals surface area (Å²) in [7, 11) is 1.68. The molecule has 7 nitrogen and oxygen atoms in total. The first-order valence-corrected chi connectivity index (χ1v) is 12.0. The molecule has 1 aromatic carbocycles. The second kappa shape index (κ2) is 8.93. The van der Waals surface area contributed by atoms with Gasteiger partial charge in [-0.2, -0.15) is 10.1 Å². The van der Waals surface area contributed by atoms with E-state index in [1.807, 2.05) is 44.8 Å². The second-order valence-corrected chi connectivity index (χ2v) is 10.3. The number of aryl methyl sites for hydroxylation is 1. The van der Waals surface area contributed by atoms with E-state index in [-0.39, 0.29) is 17.7 Å². The van der Waals surface area contributed by atoms with Crippen molar-refractivity contribution in [3.05, 3.63) is 51.9 Å². The van der Waals surface area contributed by atoms with Crippen LogP contribution < -0.4 is 4.74 Å². The van der Waals surface area contributed by atoms with Crippen LogP contribution in [0.1, 0.15) is 75.9 Å². The van der Waals surface area contributed by atoms with Crippen LogP contribution in [0.25, 0.3) is 0 Å². The number of hydrogen-bond acceptors (Lipinski definition) is 7. The highest BCUT2D eigenvalue weighted by molar-refractivity contribution is 6.11. The van der Waals surface area contributed by atoms with Gasteiger partial charge in [0.25, 0.3) is 0 Å². The largest absolute Gasteiger partial charge is 0.496 e. The Bertz CT molecular complexity index is 1130. The van der Waals surface area contributed by atoms with Gasteiger partial charge in [0.15, 0.2) is 11.6 Å². The van der Waals surface area contributed by atoms with Crippen molar-refractivity contribution >= 4 is 17.5 Å². The zero-order valence-electron chi connectivity index (χ0n) is 21.7. The molecule has 0 amide bonds. The van der Waals surface area contributed by atoms with Crippen molar-refractivity contribution < 1.29 is 14.3 Å². The van der Waals surface area contributed by atoms with Crippen LogP contribution in [0.4, 0.5) is 0 Å². The van der Waals surface area contributed by atoms with Gasteiger partial charge in [0.05, 0.1) is 13.7 Å². The molecule has 2 heterocycles. The molecular weight excluding hydrogens is 428 g/mol. The smallest absolute Gasteiger partial charge is 0.235 e. The fraction of sp³-hybridized carbons (Fsp3) is 0.519. The highest BCUT2D eigenvalue weighted by atomic mass is 16.5. The number of fused-ring (bicyclic) bond motifs is 1. The van der Waals surface area contributed by atoms with Gasteiger partial charge in [0.1, 0.15) is 18.1 Å². The van der Waals surface area contributed by atoms with Gasteiger partial charge in [-0.3, -0.25) is 4.79 Å². The Balaban J connectivity index is 1.68. The Morgan fingerprint density at radius 1 is 1.15 bits per heavy atom. The number of carbonyl (C=O) groups excluding carboxylic acids is 1. The van der Waals surface area contributed by atoms with Gasteiger partial charge < -0.3 is 9.47 Å². The van der Waals surface area contributed by atoms with Crippen LogP contribution in [0, 0.1) is 12.8 Å². The van der Waals surface area contributed by atoms with Crippen molar-refractivity contribution in [1.29, 1.82) is 0 Å². The van der Waals surface area contributed by atoms with E-state index in [9.17, 15) is 4.79 Å². The van der Waals surface area contributed by atoms with Crippen LogP contribution in [0.15, 0.2) is 45.4 Å². The van der Waals surface area contributed by atoms with Gasteiger partial charge in [0.2, 0.25) is 5.90 Å². The van der Waals surface area contributed by atoms with E-state index in [0.29, 0.717) is 24.0 Å². The molecule has 3 aliphatic rings. The topological polar surface area (TPSA) is 66.7 Å². The molecular formula is C27H36N4O3. The molecule has 1 aliphatic carbocycles. The van der Waals surface area contributed by atoms with E-state index in [4.69, 9.17) is 19.7 Å². The molecule has 1 aromatic rings. The van der Waals surface area contributed by atoms with Gasteiger partial charge in [-0.15, -0.1) is 5.10 Å². The van der Waals surface area contributed by atoms with E-state index in [2.05, 4.69) is 26.8 Å². The van der Waals surface area contributed by atoms with E-state index in [0.717, 1.165) is 52.5 Å². The quantitative estimate of drug-likeness (QED) is 0.530. The number of carbonyl (C=O) groups is 1. The summed E-state index contributed by atoms with van der Waals surface area (Å²) in [5.74, 6) is 3.53. The van der Waals surface area contributed by atoms with E-state index in [1.165, 1.54) is 0 Å². The average Bonchev–Trinajstić information content (AvgIpc) is 3.53. The minimum Gasteiger partial charge on any atom is -0.496 e.